The Bertz CT molecular complexity index is 1070. The third kappa shape index (κ3) is 3.57. The van der Waals surface area contributed by atoms with Gasteiger partial charge in [0, 0.05) is 48.0 Å². The van der Waals surface area contributed by atoms with Crippen molar-refractivity contribution in [3.63, 3.8) is 0 Å². The van der Waals surface area contributed by atoms with Crippen LogP contribution >= 0.6 is 0 Å². The van der Waals surface area contributed by atoms with Gasteiger partial charge in [-0.1, -0.05) is 44.2 Å². The lowest BCUT2D eigenvalue weighted by Gasteiger charge is -2.80. The maximum atomic E-state index is 13.1. The highest BCUT2D eigenvalue weighted by atomic mass is 16.2. The number of hydrogen-bond acceptors (Lipinski definition) is 5. The monoisotopic (exact) mass is 476 g/mol. The number of rotatable bonds is 8. The van der Waals surface area contributed by atoms with Crippen LogP contribution in [0.3, 0.4) is 0 Å². The van der Waals surface area contributed by atoms with E-state index in [1.165, 1.54) is 24.8 Å². The molecule has 1 saturated heterocycles. The summed E-state index contributed by atoms with van der Waals surface area (Å²) in [5, 5.41) is 12.3. The van der Waals surface area contributed by atoms with Gasteiger partial charge in [0.25, 0.3) is 0 Å². The van der Waals surface area contributed by atoms with Gasteiger partial charge in [-0.2, -0.15) is 0 Å². The number of carbonyl (C=O) groups excluding carboxylic acids is 1. The molecule has 3 N–H and O–H groups in total. The second kappa shape index (κ2) is 8.70. The first kappa shape index (κ1) is 23.2. The summed E-state index contributed by atoms with van der Waals surface area (Å²) >= 11 is 0. The molecule has 7 atom stereocenters. The first-order valence-corrected chi connectivity index (χ1v) is 13.7. The summed E-state index contributed by atoms with van der Waals surface area (Å²) in [4.78, 5) is 15.8. The van der Waals surface area contributed by atoms with Gasteiger partial charge in [-0.3, -0.25) is 9.69 Å². The Labute approximate surface area is 208 Å². The van der Waals surface area contributed by atoms with E-state index in [-0.39, 0.29) is 23.9 Å². The zero-order valence-corrected chi connectivity index (χ0v) is 21.4. The summed E-state index contributed by atoms with van der Waals surface area (Å²) in [7, 11) is 0. The van der Waals surface area contributed by atoms with Crippen LogP contribution in [0.2, 0.25) is 0 Å². The summed E-state index contributed by atoms with van der Waals surface area (Å²) in [6.45, 7) is 7.58. The zero-order chi connectivity index (χ0) is 24.3. The van der Waals surface area contributed by atoms with Crippen LogP contribution in [0.1, 0.15) is 94.0 Å². The van der Waals surface area contributed by atoms with Crippen molar-refractivity contribution in [2.75, 3.05) is 6.54 Å². The van der Waals surface area contributed by atoms with Gasteiger partial charge in [0.15, 0.2) is 0 Å². The molecule has 6 rings (SSSR count). The highest BCUT2D eigenvalue weighted by Crippen LogP contribution is 2.73. The normalized spacial score (nSPS) is 34.4. The first-order chi connectivity index (χ1) is 16.9. The number of amides is 1. The molecule has 4 unspecified atom stereocenters. The molecular formula is C28H40N6O. The number of aromatic nitrogens is 3. The largest absolute Gasteiger partial charge is 0.349 e. The molecular weight excluding hydrogens is 436 g/mol. The fourth-order valence-electron chi connectivity index (χ4n) is 7.80. The molecule has 1 spiro atoms. The maximum Gasteiger partial charge on any atom is 0.223 e. The number of benzene rings is 1. The fraction of sp³-hybridized carbons (Fsp3) is 0.679. The number of likely N-dealkylation sites (tertiary alicyclic amines) is 1. The highest BCUT2D eigenvalue weighted by Gasteiger charge is 2.75. The molecule has 2 aromatic rings. The van der Waals surface area contributed by atoms with Gasteiger partial charge in [0.1, 0.15) is 11.6 Å². The molecule has 3 saturated carbocycles. The van der Waals surface area contributed by atoms with E-state index in [2.05, 4.69) is 70.0 Å². The van der Waals surface area contributed by atoms with Crippen LogP contribution < -0.4 is 11.1 Å². The van der Waals surface area contributed by atoms with Crippen molar-refractivity contribution in [3.8, 4) is 0 Å². The lowest BCUT2D eigenvalue weighted by molar-refractivity contribution is -0.295. The molecule has 4 aliphatic rings. The van der Waals surface area contributed by atoms with Gasteiger partial charge in [-0.15, -0.1) is 10.2 Å². The highest BCUT2D eigenvalue weighted by molar-refractivity contribution is 5.79. The summed E-state index contributed by atoms with van der Waals surface area (Å²) in [5.74, 6) is 2.85. The van der Waals surface area contributed by atoms with Crippen molar-refractivity contribution in [2.45, 2.75) is 102 Å². The number of aryl methyl sites for hydroxylation is 1. The van der Waals surface area contributed by atoms with E-state index >= 15 is 0 Å². The third-order valence-corrected chi connectivity index (χ3v) is 9.72. The predicted octanol–water partition coefficient (Wildman–Crippen LogP) is 3.86. The SMILES string of the molecule is Cc1nnc(C(C)C)n1C1CC2N(CC[C@H](NC(=O)[C@@H]3CC[C@H](N)C3)c3ccccc3)C3CCC321. The van der Waals surface area contributed by atoms with E-state index in [0.717, 1.165) is 43.9 Å². The van der Waals surface area contributed by atoms with E-state index in [0.29, 0.717) is 29.5 Å². The minimum atomic E-state index is 0.0547. The van der Waals surface area contributed by atoms with Crippen molar-refractivity contribution < 1.29 is 4.79 Å². The number of carbonyl (C=O) groups is 1. The van der Waals surface area contributed by atoms with E-state index in [4.69, 9.17) is 5.73 Å². The van der Waals surface area contributed by atoms with Crippen LogP contribution in [0.5, 0.6) is 0 Å². The molecule has 1 amide bonds. The first-order valence-electron chi connectivity index (χ1n) is 13.7. The second-order valence-electron chi connectivity index (χ2n) is 11.8. The van der Waals surface area contributed by atoms with Crippen LogP contribution in [0.4, 0.5) is 0 Å². The smallest absolute Gasteiger partial charge is 0.223 e. The summed E-state index contributed by atoms with van der Waals surface area (Å²) in [6.07, 6.45) is 7.43. The van der Waals surface area contributed by atoms with Crippen molar-refractivity contribution in [3.05, 3.63) is 47.5 Å². The van der Waals surface area contributed by atoms with Gasteiger partial charge >= 0.3 is 0 Å². The Morgan fingerprint density at radius 2 is 1.91 bits per heavy atom. The van der Waals surface area contributed by atoms with Crippen LogP contribution in [0.25, 0.3) is 0 Å². The van der Waals surface area contributed by atoms with Gasteiger partial charge in [-0.05, 0) is 57.4 Å². The number of nitrogens with zero attached hydrogens (tertiary/aromatic N) is 4. The Hall–Kier alpha value is -2.25. The van der Waals surface area contributed by atoms with Gasteiger partial charge < -0.3 is 15.6 Å². The van der Waals surface area contributed by atoms with Crippen molar-refractivity contribution >= 4 is 5.91 Å². The number of piperidine rings is 2. The van der Waals surface area contributed by atoms with E-state index < -0.39 is 0 Å². The van der Waals surface area contributed by atoms with E-state index in [1.807, 2.05) is 6.07 Å². The van der Waals surface area contributed by atoms with E-state index in [1.54, 1.807) is 0 Å². The average Bonchev–Trinajstić information content (AvgIpc) is 3.41. The lowest BCUT2D eigenvalue weighted by Crippen LogP contribution is -2.85. The maximum absolute atomic E-state index is 13.1. The number of nitrogens with two attached hydrogens (primary N) is 1. The summed E-state index contributed by atoms with van der Waals surface area (Å²) < 4.78 is 2.46. The third-order valence-electron chi connectivity index (χ3n) is 9.72. The topological polar surface area (TPSA) is 89.1 Å². The van der Waals surface area contributed by atoms with Crippen LogP contribution in [0, 0.1) is 18.3 Å². The zero-order valence-electron chi connectivity index (χ0n) is 21.4. The Morgan fingerprint density at radius 1 is 1.11 bits per heavy atom. The van der Waals surface area contributed by atoms with Crippen molar-refractivity contribution in [2.24, 2.45) is 17.1 Å². The quantitative estimate of drug-likeness (QED) is 0.604. The molecule has 3 aliphatic carbocycles. The fourth-order valence-corrected chi connectivity index (χ4v) is 7.80. The molecule has 188 valence electrons. The van der Waals surface area contributed by atoms with Gasteiger partial charge in [0.05, 0.1) is 6.04 Å². The standard InChI is InChI=1S/C28H40N6O/c1-17(2)26-32-31-18(3)34(26)25-16-24-28(25)13-11-23(28)33(24)14-12-22(19-7-5-4-6-8-19)30-27(35)20-9-10-21(29)15-20/h4-8,17,20-25H,9-16,29H2,1-3H3,(H,30,35)/t20-,21+,22+,23?,24?,25?,28?/m1/s1. The second-order valence-corrected chi connectivity index (χ2v) is 11.8. The molecule has 1 aliphatic heterocycles. The lowest BCUT2D eigenvalue weighted by atomic mass is 9.40. The molecule has 35 heavy (non-hydrogen) atoms. The van der Waals surface area contributed by atoms with Gasteiger partial charge in [-0.25, -0.2) is 0 Å². The van der Waals surface area contributed by atoms with Crippen LogP contribution in [-0.4, -0.2) is 50.2 Å². The van der Waals surface area contributed by atoms with E-state index in [9.17, 15) is 4.79 Å². The molecule has 7 heteroatoms. The van der Waals surface area contributed by atoms with Crippen LogP contribution in [0.15, 0.2) is 30.3 Å². The van der Waals surface area contributed by atoms with Crippen LogP contribution in [-0.2, 0) is 4.79 Å². The molecule has 4 fully saturated rings. The summed E-state index contributed by atoms with van der Waals surface area (Å²) in [5.41, 5.74) is 7.71. The number of nitrogens with one attached hydrogen (secondary N) is 1. The Balaban J connectivity index is 1.13. The molecule has 0 bridgehead atoms. The minimum Gasteiger partial charge on any atom is -0.349 e. The van der Waals surface area contributed by atoms with Crippen molar-refractivity contribution in [1.82, 2.24) is 25.0 Å². The number of hydrogen-bond donors (Lipinski definition) is 2. The molecule has 0 radical (unpaired) electrons. The Morgan fingerprint density at radius 3 is 2.54 bits per heavy atom. The molecule has 2 heterocycles. The molecule has 1 aromatic heterocycles. The molecule has 1 aromatic carbocycles. The molecule has 7 nitrogen and oxygen atoms in total. The summed E-state index contributed by atoms with van der Waals surface area (Å²) in [6, 6.07) is 12.6. The van der Waals surface area contributed by atoms with Crippen molar-refractivity contribution in [1.29, 1.82) is 0 Å². The van der Waals surface area contributed by atoms with Gasteiger partial charge in [0.2, 0.25) is 5.91 Å². The predicted molar refractivity (Wildman–Crippen MR) is 136 cm³/mol. The minimum absolute atomic E-state index is 0.0547. The Kier molecular flexibility index (Phi) is 5.76. The average molecular weight is 477 g/mol.